The largest absolute Gasteiger partial charge is 0.477 e. The van der Waals surface area contributed by atoms with E-state index >= 15 is 0 Å². The Balaban J connectivity index is 1.40. The lowest BCUT2D eigenvalue weighted by molar-refractivity contribution is -0.403. The van der Waals surface area contributed by atoms with Crippen LogP contribution in [-0.4, -0.2) is 321 Å². The van der Waals surface area contributed by atoms with E-state index in [4.69, 9.17) is 47.4 Å². The van der Waals surface area contributed by atoms with Crippen LogP contribution in [0.3, 0.4) is 0 Å². The van der Waals surface area contributed by atoms with Crippen LogP contribution in [0.4, 0.5) is 0 Å². The standard InChI is InChI=1S/C73H131N3O31/c1-5-7-9-11-13-15-17-19-20-22-24-26-28-30-32-34-52(87)76-44(45(84)33-31-29-27-25-23-21-18-16-14-12-10-8-6-2)41-98-69-61(94)59(92)63(50(39-80)101-69)103-71-62(95)67(107-73(72(96)97)35-46(85)53(74-42(3)82)66(106-73)55(88)47(86)36-77)64(51(40-81)102-71)104-68-54(75-43(4)83)65(57(90)49(38-79)99-68)105-70-60(93)58(91)56(89)48(37-78)100-70/h31,33,44-51,53-71,77-81,84-86,88-95H,5-30,32,34-41H2,1-4H3,(H,74,82)(H,75,83)(H,76,87)(H,96,97)/b33-31+. The van der Waals surface area contributed by atoms with Crippen molar-refractivity contribution in [3.63, 3.8) is 0 Å². The second-order valence-corrected chi connectivity index (χ2v) is 29.3. The van der Waals surface area contributed by atoms with Crippen LogP contribution in [0.15, 0.2) is 12.2 Å². The highest BCUT2D eigenvalue weighted by molar-refractivity contribution is 5.77. The van der Waals surface area contributed by atoms with Gasteiger partial charge < -0.3 is 150 Å². The topological polar surface area (TPSA) is 541 Å². The summed E-state index contributed by atoms with van der Waals surface area (Å²) in [6.45, 7) is 0.317. The van der Waals surface area contributed by atoms with Crippen LogP contribution in [0.25, 0.3) is 0 Å². The van der Waals surface area contributed by atoms with E-state index in [1.807, 2.05) is 6.08 Å². The van der Waals surface area contributed by atoms with Gasteiger partial charge in [-0.05, 0) is 19.3 Å². The number of amides is 3. The molecule has 5 heterocycles. The van der Waals surface area contributed by atoms with Crippen molar-refractivity contribution >= 4 is 23.7 Å². The van der Waals surface area contributed by atoms with Crippen molar-refractivity contribution in [3.05, 3.63) is 12.2 Å². The summed E-state index contributed by atoms with van der Waals surface area (Å²) in [4.78, 5) is 53.0. The second-order valence-electron chi connectivity index (χ2n) is 29.3. The molecule has 34 nitrogen and oxygen atoms in total. The summed E-state index contributed by atoms with van der Waals surface area (Å²) in [5.41, 5.74) is 0. The lowest BCUT2D eigenvalue weighted by atomic mass is 9.88. The van der Waals surface area contributed by atoms with Gasteiger partial charge >= 0.3 is 5.97 Å². The molecule has 5 rings (SSSR count). The lowest BCUT2D eigenvalue weighted by Gasteiger charge is -2.52. The Kier molecular flexibility index (Phi) is 44.0. The van der Waals surface area contributed by atoms with E-state index in [1.54, 1.807) is 6.08 Å². The summed E-state index contributed by atoms with van der Waals surface area (Å²) in [7, 11) is 0. The van der Waals surface area contributed by atoms with Crippen molar-refractivity contribution in [2.75, 3.05) is 39.6 Å². The zero-order valence-electron chi connectivity index (χ0n) is 62.8. The van der Waals surface area contributed by atoms with Gasteiger partial charge in [-0.25, -0.2) is 4.79 Å². The van der Waals surface area contributed by atoms with Gasteiger partial charge in [0.05, 0.1) is 63.9 Å². The number of hydrogen-bond donors (Lipinski definition) is 20. The number of carboxylic acids is 1. The molecular weight excluding hydrogens is 1410 g/mol. The average Bonchev–Trinajstić information content (AvgIpc) is 0.750. The van der Waals surface area contributed by atoms with Gasteiger partial charge in [-0.3, -0.25) is 14.4 Å². The van der Waals surface area contributed by atoms with Crippen molar-refractivity contribution in [3.8, 4) is 0 Å². The number of carbonyl (C=O) groups is 4. The number of carboxylic acid groups (broad SMARTS) is 1. The highest BCUT2D eigenvalue weighted by atomic mass is 16.8. The monoisotopic (exact) mass is 1550 g/mol. The average molecular weight is 1550 g/mol. The molecule has 0 bridgehead atoms. The van der Waals surface area contributed by atoms with Gasteiger partial charge in [0.1, 0.15) is 116 Å². The maximum atomic E-state index is 13.8. The van der Waals surface area contributed by atoms with Crippen LogP contribution in [0.2, 0.25) is 0 Å². The molecule has 28 unspecified atom stereocenters. The number of allylic oxidation sites excluding steroid dienone is 1. The molecule has 0 spiro atoms. The minimum Gasteiger partial charge on any atom is -0.477 e. The molecule has 5 fully saturated rings. The summed E-state index contributed by atoms with van der Waals surface area (Å²) < 4.78 is 60.1. The van der Waals surface area contributed by atoms with Crippen molar-refractivity contribution < 1.29 is 153 Å². The van der Waals surface area contributed by atoms with Crippen LogP contribution < -0.4 is 16.0 Å². The van der Waals surface area contributed by atoms with Gasteiger partial charge in [-0.1, -0.05) is 180 Å². The number of aliphatic hydroxyl groups is 16. The predicted molar refractivity (Wildman–Crippen MR) is 378 cm³/mol. The summed E-state index contributed by atoms with van der Waals surface area (Å²) >= 11 is 0. The fraction of sp³-hybridized carbons (Fsp3) is 0.918. The van der Waals surface area contributed by atoms with Crippen LogP contribution >= 0.6 is 0 Å². The Bertz CT molecular complexity index is 2500. The Hall–Kier alpha value is -3.42. The first-order valence-electron chi connectivity index (χ1n) is 39.1. The fourth-order valence-electron chi connectivity index (χ4n) is 14.3. The number of unbranched alkanes of at least 4 members (excludes halogenated alkanes) is 25. The molecule has 5 aliphatic rings. The lowest BCUT2D eigenvalue weighted by Crippen LogP contribution is -2.72. The maximum Gasteiger partial charge on any atom is 0.364 e. The predicted octanol–water partition coefficient (Wildman–Crippen LogP) is -1.04. The first-order valence-corrected chi connectivity index (χ1v) is 39.1. The first-order chi connectivity index (χ1) is 51.3. The summed E-state index contributed by atoms with van der Waals surface area (Å²) in [6, 6.07) is -4.81. The number of nitrogens with one attached hydrogen (secondary N) is 3. The Morgan fingerprint density at radius 1 is 0.486 bits per heavy atom. The maximum absolute atomic E-state index is 13.8. The molecule has 20 N–H and O–H groups in total. The summed E-state index contributed by atoms with van der Waals surface area (Å²) in [6.07, 6.45) is -16.8. The van der Waals surface area contributed by atoms with Crippen molar-refractivity contribution in [2.45, 2.75) is 385 Å². The molecule has 5 saturated heterocycles. The molecule has 624 valence electrons. The SMILES string of the molecule is CCCCCCCCCCCCC/C=C/C(O)C(COC1OC(CO)C(OC2OC(CO)C(OC3OC(CO)C(O)C(OC4OC(CO)C(O)C(O)C4O)C3NC(C)=O)C(OC3(C(=O)O)CC(O)C(NC(C)=O)C(C(O)C(O)CO)O3)C2O)C(O)C1O)NC(=O)CCCCCCCCCCCCCCCCC. The summed E-state index contributed by atoms with van der Waals surface area (Å²) in [5.74, 6) is -7.71. The van der Waals surface area contributed by atoms with Crippen molar-refractivity contribution in [2.24, 2.45) is 0 Å². The molecular formula is C73H131N3O31. The van der Waals surface area contributed by atoms with Gasteiger partial charge in [0, 0.05) is 26.7 Å². The van der Waals surface area contributed by atoms with Gasteiger partial charge in [0.15, 0.2) is 25.2 Å². The van der Waals surface area contributed by atoms with Gasteiger partial charge in [-0.2, -0.15) is 0 Å². The number of aliphatic hydroxyl groups excluding tert-OH is 16. The van der Waals surface area contributed by atoms with E-state index in [0.29, 0.717) is 12.8 Å². The first kappa shape index (κ1) is 94.2. The third-order valence-electron chi connectivity index (χ3n) is 20.6. The Labute approximate surface area is 627 Å². The minimum atomic E-state index is -3.38. The third-order valence-corrected chi connectivity index (χ3v) is 20.6. The van der Waals surface area contributed by atoms with Crippen molar-refractivity contribution in [1.29, 1.82) is 0 Å². The molecule has 0 aromatic rings. The van der Waals surface area contributed by atoms with Crippen LogP contribution in [-0.2, 0) is 66.5 Å². The summed E-state index contributed by atoms with van der Waals surface area (Å²) in [5, 5.41) is 197. The molecule has 0 saturated carbocycles. The van der Waals surface area contributed by atoms with Crippen LogP contribution in [0.5, 0.6) is 0 Å². The molecule has 0 aliphatic carbocycles. The van der Waals surface area contributed by atoms with Crippen LogP contribution in [0, 0.1) is 0 Å². The van der Waals surface area contributed by atoms with E-state index < -0.39 is 235 Å². The zero-order valence-corrected chi connectivity index (χ0v) is 62.8. The number of hydrogen-bond acceptors (Lipinski definition) is 30. The molecule has 107 heavy (non-hydrogen) atoms. The van der Waals surface area contributed by atoms with Gasteiger partial charge in [0.25, 0.3) is 5.79 Å². The molecule has 34 heteroatoms. The smallest absolute Gasteiger partial charge is 0.364 e. The van der Waals surface area contributed by atoms with E-state index in [1.165, 1.54) is 103 Å². The van der Waals surface area contributed by atoms with Crippen LogP contribution in [0.1, 0.15) is 214 Å². The Morgan fingerprint density at radius 3 is 1.44 bits per heavy atom. The minimum absolute atomic E-state index is 0.135. The quantitative estimate of drug-likeness (QED) is 0.0255. The van der Waals surface area contributed by atoms with E-state index in [9.17, 15) is 106 Å². The van der Waals surface area contributed by atoms with E-state index in [0.717, 1.165) is 71.6 Å². The number of rotatable bonds is 52. The number of aliphatic carboxylic acids is 1. The molecule has 28 atom stereocenters. The van der Waals surface area contributed by atoms with E-state index in [-0.39, 0.29) is 12.3 Å². The number of carbonyl (C=O) groups excluding carboxylic acids is 3. The fourth-order valence-corrected chi connectivity index (χ4v) is 14.3. The second kappa shape index (κ2) is 49.9. The van der Waals surface area contributed by atoms with Crippen molar-refractivity contribution in [1.82, 2.24) is 16.0 Å². The van der Waals surface area contributed by atoms with Gasteiger partial charge in [-0.15, -0.1) is 0 Å². The zero-order chi connectivity index (χ0) is 78.8. The molecule has 0 aromatic carbocycles. The molecule has 0 aromatic heterocycles. The van der Waals surface area contributed by atoms with E-state index in [2.05, 4.69) is 29.8 Å². The molecule has 5 aliphatic heterocycles. The van der Waals surface area contributed by atoms with Gasteiger partial charge in [0.2, 0.25) is 17.7 Å². The normalized spacial score (nSPS) is 34.6. The third kappa shape index (κ3) is 29.2. The highest BCUT2D eigenvalue weighted by Gasteiger charge is 2.62. The molecule has 0 radical (unpaired) electrons. The molecule has 3 amide bonds. The Morgan fingerprint density at radius 2 is 0.925 bits per heavy atom. The highest BCUT2D eigenvalue weighted by Crippen LogP contribution is 2.41. The number of ether oxygens (including phenoxy) is 10.